The maximum atomic E-state index is 13.4. The maximum Gasteiger partial charge on any atom is 0.278 e. The standard InChI is InChI=1S/C23H24Cl2N2O2/c1-3-5-9-14-27-22(28)20(18-13-12-16(24)15-19(18)25)21(23(27)29)26(4-2)17-10-7-6-8-11-17/h6-8,10-13,15H,3-5,9,14H2,1-2H3. The van der Waals surface area contributed by atoms with Crippen LogP contribution in [0.5, 0.6) is 0 Å². The molecule has 0 spiro atoms. The quantitative estimate of drug-likeness (QED) is 0.392. The van der Waals surface area contributed by atoms with E-state index in [9.17, 15) is 9.59 Å². The van der Waals surface area contributed by atoms with Crippen molar-refractivity contribution in [2.24, 2.45) is 0 Å². The Hall–Kier alpha value is -2.30. The minimum atomic E-state index is -0.306. The highest BCUT2D eigenvalue weighted by Crippen LogP contribution is 2.37. The number of rotatable bonds is 8. The summed E-state index contributed by atoms with van der Waals surface area (Å²) >= 11 is 12.5. The van der Waals surface area contributed by atoms with Crippen molar-refractivity contribution in [3.63, 3.8) is 0 Å². The SMILES string of the molecule is CCCCCN1C(=O)C(c2ccc(Cl)cc2Cl)=C(N(CC)c2ccccc2)C1=O. The first kappa shape index (κ1) is 21.4. The van der Waals surface area contributed by atoms with E-state index in [1.54, 1.807) is 18.2 Å². The smallest absolute Gasteiger partial charge is 0.278 e. The third kappa shape index (κ3) is 4.34. The molecule has 0 saturated carbocycles. The number of benzene rings is 2. The van der Waals surface area contributed by atoms with E-state index in [-0.39, 0.29) is 11.8 Å². The molecule has 0 aliphatic carbocycles. The molecule has 29 heavy (non-hydrogen) atoms. The van der Waals surface area contributed by atoms with Gasteiger partial charge in [-0.25, -0.2) is 0 Å². The van der Waals surface area contributed by atoms with Gasteiger partial charge in [-0.05, 0) is 37.6 Å². The lowest BCUT2D eigenvalue weighted by Crippen LogP contribution is -2.36. The van der Waals surface area contributed by atoms with Gasteiger partial charge in [0, 0.05) is 29.4 Å². The van der Waals surface area contributed by atoms with Crippen LogP contribution in [0.25, 0.3) is 5.57 Å². The molecule has 0 fully saturated rings. The molecule has 0 unspecified atom stereocenters. The summed E-state index contributed by atoms with van der Waals surface area (Å²) in [5.74, 6) is -0.586. The molecular formula is C23H24Cl2N2O2. The molecule has 2 aromatic carbocycles. The lowest BCUT2D eigenvalue weighted by molar-refractivity contribution is -0.137. The molecule has 2 aromatic rings. The monoisotopic (exact) mass is 430 g/mol. The van der Waals surface area contributed by atoms with Crippen LogP contribution in [0.1, 0.15) is 38.7 Å². The van der Waals surface area contributed by atoms with Crippen molar-refractivity contribution >= 4 is 46.3 Å². The van der Waals surface area contributed by atoms with E-state index in [2.05, 4.69) is 6.92 Å². The lowest BCUT2D eigenvalue weighted by Gasteiger charge is -2.25. The number of nitrogens with zero attached hydrogens (tertiary/aromatic N) is 2. The van der Waals surface area contributed by atoms with E-state index < -0.39 is 0 Å². The molecule has 1 aliphatic rings. The summed E-state index contributed by atoms with van der Waals surface area (Å²) in [6.45, 7) is 4.98. The maximum absolute atomic E-state index is 13.4. The Labute approximate surface area is 181 Å². The summed E-state index contributed by atoms with van der Waals surface area (Å²) in [6, 6.07) is 14.6. The Morgan fingerprint density at radius 2 is 1.66 bits per heavy atom. The second-order valence-corrected chi connectivity index (χ2v) is 7.74. The first-order chi connectivity index (χ1) is 14.0. The lowest BCUT2D eigenvalue weighted by atomic mass is 10.0. The summed E-state index contributed by atoms with van der Waals surface area (Å²) < 4.78 is 0. The van der Waals surface area contributed by atoms with Crippen molar-refractivity contribution in [2.45, 2.75) is 33.1 Å². The van der Waals surface area contributed by atoms with E-state index in [4.69, 9.17) is 23.2 Å². The van der Waals surface area contributed by atoms with Gasteiger partial charge in [0.1, 0.15) is 5.70 Å². The van der Waals surface area contributed by atoms with Gasteiger partial charge >= 0.3 is 0 Å². The summed E-state index contributed by atoms with van der Waals surface area (Å²) in [5.41, 5.74) is 2.07. The Morgan fingerprint density at radius 1 is 0.931 bits per heavy atom. The van der Waals surface area contributed by atoms with Crippen LogP contribution in [-0.2, 0) is 9.59 Å². The minimum Gasteiger partial charge on any atom is -0.337 e. The summed E-state index contributed by atoms with van der Waals surface area (Å²) in [7, 11) is 0. The Balaban J connectivity index is 2.14. The highest BCUT2D eigenvalue weighted by Gasteiger charge is 2.41. The number of imide groups is 1. The van der Waals surface area contributed by atoms with Gasteiger partial charge in [-0.1, -0.05) is 67.2 Å². The molecule has 0 N–H and O–H groups in total. The van der Waals surface area contributed by atoms with Crippen molar-refractivity contribution in [1.82, 2.24) is 4.90 Å². The predicted molar refractivity (Wildman–Crippen MR) is 119 cm³/mol. The fourth-order valence-corrected chi connectivity index (χ4v) is 4.05. The summed E-state index contributed by atoms with van der Waals surface area (Å²) in [5, 5.41) is 0.832. The number of carbonyl (C=O) groups excluding carboxylic acids is 2. The van der Waals surface area contributed by atoms with Crippen LogP contribution in [0.3, 0.4) is 0 Å². The number of amides is 2. The topological polar surface area (TPSA) is 40.6 Å². The highest BCUT2D eigenvalue weighted by molar-refractivity contribution is 6.41. The van der Waals surface area contributed by atoms with Crippen LogP contribution in [0, 0.1) is 0 Å². The first-order valence-electron chi connectivity index (χ1n) is 9.88. The fourth-order valence-electron chi connectivity index (χ4n) is 3.55. The molecule has 4 nitrogen and oxygen atoms in total. The largest absolute Gasteiger partial charge is 0.337 e. The van der Waals surface area contributed by atoms with Crippen LogP contribution >= 0.6 is 23.2 Å². The molecule has 1 heterocycles. The Bertz CT molecular complexity index is 941. The highest BCUT2D eigenvalue weighted by atomic mass is 35.5. The van der Waals surface area contributed by atoms with Crippen LogP contribution in [-0.4, -0.2) is 29.8 Å². The second kappa shape index (κ2) is 9.47. The van der Waals surface area contributed by atoms with Crippen LogP contribution in [0.15, 0.2) is 54.2 Å². The van der Waals surface area contributed by atoms with Crippen LogP contribution < -0.4 is 4.90 Å². The fraction of sp³-hybridized carbons (Fsp3) is 0.304. The number of hydrogen-bond acceptors (Lipinski definition) is 3. The zero-order chi connectivity index (χ0) is 21.0. The number of para-hydroxylation sites is 1. The van der Waals surface area contributed by atoms with Gasteiger partial charge in [-0.2, -0.15) is 0 Å². The van der Waals surface area contributed by atoms with E-state index in [0.29, 0.717) is 40.0 Å². The van der Waals surface area contributed by atoms with Crippen molar-refractivity contribution < 1.29 is 9.59 Å². The van der Waals surface area contributed by atoms with Gasteiger partial charge < -0.3 is 4.90 Å². The molecule has 0 bridgehead atoms. The van der Waals surface area contributed by atoms with E-state index in [1.165, 1.54) is 4.90 Å². The minimum absolute atomic E-state index is 0.280. The molecule has 0 atom stereocenters. The predicted octanol–water partition coefficient (Wildman–Crippen LogP) is 5.79. The number of halogens is 2. The summed E-state index contributed by atoms with van der Waals surface area (Å²) in [4.78, 5) is 29.9. The number of likely N-dealkylation sites (N-methyl/N-ethyl adjacent to an activating group) is 1. The number of hydrogen-bond donors (Lipinski definition) is 0. The molecule has 0 saturated heterocycles. The summed E-state index contributed by atoms with van der Waals surface area (Å²) in [6.07, 6.45) is 2.75. The van der Waals surface area contributed by atoms with Gasteiger partial charge in [-0.15, -0.1) is 0 Å². The van der Waals surface area contributed by atoms with Gasteiger partial charge in [0.05, 0.1) is 10.6 Å². The molecule has 1 aliphatic heterocycles. The molecule has 3 rings (SSSR count). The van der Waals surface area contributed by atoms with Gasteiger partial charge in [0.15, 0.2) is 0 Å². The third-order valence-electron chi connectivity index (χ3n) is 4.98. The zero-order valence-corrected chi connectivity index (χ0v) is 18.1. The van der Waals surface area contributed by atoms with Gasteiger partial charge in [0.2, 0.25) is 0 Å². The first-order valence-corrected chi connectivity index (χ1v) is 10.6. The molecule has 2 amide bonds. The molecule has 0 radical (unpaired) electrons. The van der Waals surface area contributed by atoms with Crippen molar-refractivity contribution in [2.75, 3.05) is 18.0 Å². The number of unbranched alkanes of at least 4 members (excludes halogenated alkanes) is 2. The molecular weight excluding hydrogens is 407 g/mol. The van der Waals surface area contributed by atoms with Crippen molar-refractivity contribution in [1.29, 1.82) is 0 Å². The van der Waals surface area contributed by atoms with Crippen molar-refractivity contribution in [3.8, 4) is 0 Å². The van der Waals surface area contributed by atoms with E-state index in [1.807, 2.05) is 42.2 Å². The van der Waals surface area contributed by atoms with E-state index >= 15 is 0 Å². The Kier molecular flexibility index (Phi) is 6.99. The second-order valence-electron chi connectivity index (χ2n) is 6.90. The van der Waals surface area contributed by atoms with E-state index in [0.717, 1.165) is 24.9 Å². The average molecular weight is 431 g/mol. The third-order valence-corrected chi connectivity index (χ3v) is 5.53. The van der Waals surface area contributed by atoms with Crippen molar-refractivity contribution in [3.05, 3.63) is 69.8 Å². The molecule has 0 aromatic heterocycles. The molecule has 6 heteroatoms. The molecule has 152 valence electrons. The Morgan fingerprint density at radius 3 is 2.28 bits per heavy atom. The van der Waals surface area contributed by atoms with Crippen LogP contribution in [0.2, 0.25) is 10.0 Å². The van der Waals surface area contributed by atoms with Gasteiger partial charge in [-0.3, -0.25) is 14.5 Å². The number of anilines is 1. The van der Waals surface area contributed by atoms with Crippen LogP contribution in [0.4, 0.5) is 5.69 Å². The average Bonchev–Trinajstić information content (AvgIpc) is 2.95. The number of carbonyl (C=O) groups is 2. The van der Waals surface area contributed by atoms with Gasteiger partial charge in [0.25, 0.3) is 11.8 Å². The normalized spacial score (nSPS) is 14.1. The zero-order valence-electron chi connectivity index (χ0n) is 16.6.